The average Bonchev–Trinajstić information content (AvgIpc) is 2.19. The zero-order valence-corrected chi connectivity index (χ0v) is 9.42. The summed E-state index contributed by atoms with van der Waals surface area (Å²) >= 11 is 1.72. The van der Waals surface area contributed by atoms with E-state index in [4.69, 9.17) is 0 Å². The highest BCUT2D eigenvalue weighted by Crippen LogP contribution is 2.05. The van der Waals surface area contributed by atoms with Crippen LogP contribution in [0.4, 0.5) is 0 Å². The summed E-state index contributed by atoms with van der Waals surface area (Å²) in [6.07, 6.45) is 8.10. The molecule has 1 aromatic rings. The Morgan fingerprint density at radius 1 is 1.36 bits per heavy atom. The Morgan fingerprint density at radius 2 is 2.14 bits per heavy atom. The fourth-order valence-corrected chi connectivity index (χ4v) is 1.38. The Kier molecular flexibility index (Phi) is 5.08. The molecule has 0 radical (unpaired) electrons. The molecule has 0 atom stereocenters. The first-order valence-corrected chi connectivity index (χ1v) is 5.97. The predicted octanol–water partition coefficient (Wildman–Crippen LogP) is 3.46. The van der Waals surface area contributed by atoms with Crippen LogP contribution < -0.4 is 0 Å². The Hall–Kier alpha value is -1.02. The van der Waals surface area contributed by atoms with Gasteiger partial charge in [0.15, 0.2) is 0 Å². The van der Waals surface area contributed by atoms with Crippen molar-refractivity contribution in [2.75, 3.05) is 12.1 Å². The second kappa shape index (κ2) is 6.44. The van der Waals surface area contributed by atoms with Crippen molar-refractivity contribution < 1.29 is 0 Å². The molecule has 1 rings (SSSR count). The minimum absolute atomic E-state index is 0.827. The Morgan fingerprint density at radius 3 is 2.86 bits per heavy atom. The van der Waals surface area contributed by atoms with Gasteiger partial charge in [0.2, 0.25) is 0 Å². The SMILES string of the molecule is CC=Cc1cccc(C=NCSC)c1. The Labute approximate surface area is 89.9 Å². The molecule has 74 valence electrons. The first-order chi connectivity index (χ1) is 6.86. The molecule has 1 aromatic carbocycles. The lowest BCUT2D eigenvalue weighted by Gasteiger charge is -1.95. The lowest BCUT2D eigenvalue weighted by atomic mass is 10.1. The average molecular weight is 205 g/mol. The van der Waals surface area contributed by atoms with Crippen LogP contribution in [0.3, 0.4) is 0 Å². The van der Waals surface area contributed by atoms with E-state index in [-0.39, 0.29) is 0 Å². The van der Waals surface area contributed by atoms with E-state index < -0.39 is 0 Å². The maximum Gasteiger partial charge on any atom is 0.0841 e. The summed E-state index contributed by atoms with van der Waals surface area (Å²) < 4.78 is 0. The molecule has 0 spiro atoms. The van der Waals surface area contributed by atoms with E-state index >= 15 is 0 Å². The molecule has 0 aliphatic heterocycles. The van der Waals surface area contributed by atoms with Gasteiger partial charge in [-0.25, -0.2) is 0 Å². The minimum atomic E-state index is 0.827. The van der Waals surface area contributed by atoms with Crippen LogP contribution in [0, 0.1) is 0 Å². The highest BCUT2D eigenvalue weighted by atomic mass is 32.2. The van der Waals surface area contributed by atoms with Gasteiger partial charge in [0.05, 0.1) is 5.88 Å². The molecule has 0 N–H and O–H groups in total. The second-order valence-electron chi connectivity index (χ2n) is 2.90. The van der Waals surface area contributed by atoms with E-state index in [9.17, 15) is 0 Å². The van der Waals surface area contributed by atoms with Crippen molar-refractivity contribution in [1.29, 1.82) is 0 Å². The van der Waals surface area contributed by atoms with E-state index in [2.05, 4.69) is 35.3 Å². The zero-order chi connectivity index (χ0) is 10.2. The van der Waals surface area contributed by atoms with E-state index in [0.29, 0.717) is 0 Å². The van der Waals surface area contributed by atoms with Crippen LogP contribution in [-0.2, 0) is 0 Å². The third-order valence-electron chi connectivity index (χ3n) is 1.71. The van der Waals surface area contributed by atoms with Gasteiger partial charge in [-0.05, 0) is 30.4 Å². The van der Waals surface area contributed by atoms with Gasteiger partial charge >= 0.3 is 0 Å². The standard InChI is InChI=1S/C12H15NS/c1-3-5-11-6-4-7-12(8-11)9-13-10-14-2/h3-9H,10H2,1-2H3. The molecular formula is C12H15NS. The molecular weight excluding hydrogens is 190 g/mol. The zero-order valence-electron chi connectivity index (χ0n) is 8.60. The van der Waals surface area contributed by atoms with Crippen LogP contribution in [0.2, 0.25) is 0 Å². The largest absolute Gasteiger partial charge is 0.282 e. The smallest absolute Gasteiger partial charge is 0.0841 e. The third-order valence-corrected chi connectivity index (χ3v) is 2.12. The predicted molar refractivity (Wildman–Crippen MR) is 67.1 cm³/mol. The number of hydrogen-bond acceptors (Lipinski definition) is 2. The van der Waals surface area contributed by atoms with Gasteiger partial charge in [0.1, 0.15) is 0 Å². The molecule has 1 nitrogen and oxygen atoms in total. The molecule has 14 heavy (non-hydrogen) atoms. The van der Waals surface area contributed by atoms with Gasteiger partial charge in [-0.15, -0.1) is 11.8 Å². The normalized spacial score (nSPS) is 11.6. The minimum Gasteiger partial charge on any atom is -0.282 e. The lowest BCUT2D eigenvalue weighted by Crippen LogP contribution is -1.82. The third kappa shape index (κ3) is 3.79. The second-order valence-corrected chi connectivity index (χ2v) is 3.74. The van der Waals surface area contributed by atoms with E-state index in [1.165, 1.54) is 5.56 Å². The fourth-order valence-electron chi connectivity index (χ4n) is 1.15. The van der Waals surface area contributed by atoms with Crippen LogP contribution in [0.1, 0.15) is 18.1 Å². The van der Waals surface area contributed by atoms with Crippen molar-refractivity contribution in [3.8, 4) is 0 Å². The summed E-state index contributed by atoms with van der Waals surface area (Å²) in [6, 6.07) is 8.34. The Balaban J connectivity index is 2.73. The quantitative estimate of drug-likeness (QED) is 0.686. The molecule has 0 fully saturated rings. The van der Waals surface area contributed by atoms with Crippen LogP contribution in [0.25, 0.3) is 6.08 Å². The number of aliphatic imine (C=N–C) groups is 1. The van der Waals surface area contributed by atoms with Crippen molar-refractivity contribution in [3.63, 3.8) is 0 Å². The van der Waals surface area contributed by atoms with E-state index in [0.717, 1.165) is 11.4 Å². The van der Waals surface area contributed by atoms with Gasteiger partial charge in [-0.1, -0.05) is 30.4 Å². The summed E-state index contributed by atoms with van der Waals surface area (Å²) in [7, 11) is 0. The fraction of sp³-hybridized carbons (Fsp3) is 0.250. The first-order valence-electron chi connectivity index (χ1n) is 4.58. The van der Waals surface area contributed by atoms with Crippen molar-refractivity contribution >= 4 is 24.1 Å². The molecule has 0 bridgehead atoms. The number of allylic oxidation sites excluding steroid dienone is 1. The topological polar surface area (TPSA) is 12.4 Å². The summed E-state index contributed by atoms with van der Waals surface area (Å²) in [5, 5.41) is 0. The molecule has 0 amide bonds. The monoisotopic (exact) mass is 205 g/mol. The maximum absolute atomic E-state index is 4.28. The van der Waals surface area contributed by atoms with Crippen LogP contribution in [-0.4, -0.2) is 18.3 Å². The summed E-state index contributed by atoms with van der Waals surface area (Å²) in [6.45, 7) is 2.02. The molecule has 0 heterocycles. The highest BCUT2D eigenvalue weighted by Gasteiger charge is 1.88. The molecule has 0 saturated heterocycles. The lowest BCUT2D eigenvalue weighted by molar-refractivity contribution is 1.39. The molecule has 0 aromatic heterocycles. The summed E-state index contributed by atoms with van der Waals surface area (Å²) in [4.78, 5) is 4.28. The van der Waals surface area contributed by atoms with Gasteiger partial charge in [-0.3, -0.25) is 4.99 Å². The summed E-state index contributed by atoms with van der Waals surface area (Å²) in [5.74, 6) is 0.827. The maximum atomic E-state index is 4.28. The molecule has 0 unspecified atom stereocenters. The number of rotatable bonds is 4. The van der Waals surface area contributed by atoms with Gasteiger partial charge in [-0.2, -0.15) is 0 Å². The molecule has 2 heteroatoms. The van der Waals surface area contributed by atoms with Crippen molar-refractivity contribution in [2.45, 2.75) is 6.92 Å². The number of nitrogens with zero attached hydrogens (tertiary/aromatic N) is 1. The van der Waals surface area contributed by atoms with Gasteiger partial charge in [0.25, 0.3) is 0 Å². The van der Waals surface area contributed by atoms with Gasteiger partial charge in [0, 0.05) is 6.21 Å². The molecule has 0 saturated carbocycles. The highest BCUT2D eigenvalue weighted by molar-refractivity contribution is 7.98. The van der Waals surface area contributed by atoms with Crippen LogP contribution >= 0.6 is 11.8 Å². The van der Waals surface area contributed by atoms with Crippen molar-refractivity contribution in [1.82, 2.24) is 0 Å². The van der Waals surface area contributed by atoms with Gasteiger partial charge < -0.3 is 0 Å². The summed E-state index contributed by atoms with van der Waals surface area (Å²) in [5.41, 5.74) is 2.38. The van der Waals surface area contributed by atoms with E-state index in [1.807, 2.05) is 25.5 Å². The van der Waals surface area contributed by atoms with Crippen molar-refractivity contribution in [2.24, 2.45) is 4.99 Å². The van der Waals surface area contributed by atoms with E-state index in [1.54, 1.807) is 11.8 Å². The first kappa shape index (κ1) is 11.1. The number of benzene rings is 1. The number of hydrogen-bond donors (Lipinski definition) is 0. The number of thioether (sulfide) groups is 1. The Bertz CT molecular complexity index is 329. The van der Waals surface area contributed by atoms with Crippen LogP contribution in [0.5, 0.6) is 0 Å². The van der Waals surface area contributed by atoms with Crippen molar-refractivity contribution in [3.05, 3.63) is 41.5 Å². The molecule has 0 aliphatic carbocycles. The van der Waals surface area contributed by atoms with Crippen LogP contribution in [0.15, 0.2) is 35.3 Å². The molecule has 0 aliphatic rings.